The van der Waals surface area contributed by atoms with Crippen LogP contribution in [0.3, 0.4) is 0 Å². The molecule has 86 valence electrons. The van der Waals surface area contributed by atoms with Crippen LogP contribution in [0.1, 0.15) is 5.56 Å². The fourth-order valence-corrected chi connectivity index (χ4v) is 2.25. The van der Waals surface area contributed by atoms with Crippen molar-refractivity contribution in [3.05, 3.63) is 48.0 Å². The molecule has 2 heterocycles. The van der Waals surface area contributed by atoms with Gasteiger partial charge in [0, 0.05) is 18.4 Å². The van der Waals surface area contributed by atoms with E-state index in [9.17, 15) is 4.39 Å². The summed E-state index contributed by atoms with van der Waals surface area (Å²) in [6.45, 7) is 0.826. The van der Waals surface area contributed by atoms with E-state index in [0.717, 1.165) is 29.9 Å². The van der Waals surface area contributed by atoms with Crippen LogP contribution in [-0.2, 0) is 6.42 Å². The van der Waals surface area contributed by atoms with E-state index in [2.05, 4.69) is 4.98 Å². The van der Waals surface area contributed by atoms with Crippen molar-refractivity contribution in [3.63, 3.8) is 0 Å². The molecular formula is C13H12FN3. The van der Waals surface area contributed by atoms with Gasteiger partial charge in [-0.1, -0.05) is 6.07 Å². The van der Waals surface area contributed by atoms with Crippen molar-refractivity contribution in [1.29, 1.82) is 0 Å². The van der Waals surface area contributed by atoms with Crippen molar-refractivity contribution in [1.82, 2.24) is 4.98 Å². The number of nitrogen functional groups attached to an aromatic ring is 1. The Kier molecular flexibility index (Phi) is 2.21. The second-order valence-corrected chi connectivity index (χ2v) is 4.11. The number of fused-ring (bicyclic) bond motifs is 1. The number of benzene rings is 1. The van der Waals surface area contributed by atoms with Gasteiger partial charge in [-0.3, -0.25) is 4.98 Å². The molecule has 0 unspecified atom stereocenters. The SMILES string of the molecule is Nc1cnccc1N1CCc2ccc(F)cc21. The van der Waals surface area contributed by atoms with Gasteiger partial charge >= 0.3 is 0 Å². The smallest absolute Gasteiger partial charge is 0.125 e. The van der Waals surface area contributed by atoms with E-state index >= 15 is 0 Å². The van der Waals surface area contributed by atoms with E-state index in [1.807, 2.05) is 17.0 Å². The Balaban J connectivity index is 2.10. The summed E-state index contributed by atoms with van der Waals surface area (Å²) in [4.78, 5) is 6.00. The first-order valence-corrected chi connectivity index (χ1v) is 5.51. The standard InChI is InChI=1S/C13H12FN3/c14-10-2-1-9-4-6-17(13(9)7-10)12-3-5-16-8-11(12)15/h1-3,5,7-8H,4,6,15H2. The van der Waals surface area contributed by atoms with Crippen LogP contribution in [0.15, 0.2) is 36.7 Å². The van der Waals surface area contributed by atoms with Crippen molar-refractivity contribution in [2.75, 3.05) is 17.2 Å². The van der Waals surface area contributed by atoms with Crippen molar-refractivity contribution < 1.29 is 4.39 Å². The third-order valence-corrected chi connectivity index (χ3v) is 3.06. The van der Waals surface area contributed by atoms with Gasteiger partial charge < -0.3 is 10.6 Å². The maximum Gasteiger partial charge on any atom is 0.125 e. The van der Waals surface area contributed by atoms with Gasteiger partial charge in [0.2, 0.25) is 0 Å². The average molecular weight is 229 g/mol. The summed E-state index contributed by atoms with van der Waals surface area (Å²) in [5.41, 5.74) is 9.47. The lowest BCUT2D eigenvalue weighted by atomic mass is 10.1. The molecule has 0 fully saturated rings. The van der Waals surface area contributed by atoms with E-state index in [-0.39, 0.29) is 5.82 Å². The molecule has 2 aromatic rings. The number of halogens is 1. The van der Waals surface area contributed by atoms with Crippen molar-refractivity contribution in [2.45, 2.75) is 6.42 Å². The number of anilines is 3. The Morgan fingerprint density at radius 3 is 2.94 bits per heavy atom. The largest absolute Gasteiger partial charge is 0.396 e. The van der Waals surface area contributed by atoms with Gasteiger partial charge in [-0.05, 0) is 30.2 Å². The zero-order valence-electron chi connectivity index (χ0n) is 9.23. The lowest BCUT2D eigenvalue weighted by Crippen LogP contribution is -2.15. The van der Waals surface area contributed by atoms with Gasteiger partial charge in [0.25, 0.3) is 0 Å². The van der Waals surface area contributed by atoms with Gasteiger partial charge in [0.05, 0.1) is 17.6 Å². The molecule has 0 aliphatic carbocycles. The van der Waals surface area contributed by atoms with Gasteiger partial charge in [-0.25, -0.2) is 4.39 Å². The molecule has 0 spiro atoms. The molecule has 17 heavy (non-hydrogen) atoms. The normalized spacial score (nSPS) is 13.8. The number of aromatic nitrogens is 1. The molecule has 0 amide bonds. The highest BCUT2D eigenvalue weighted by molar-refractivity contribution is 5.77. The fourth-order valence-electron chi connectivity index (χ4n) is 2.25. The van der Waals surface area contributed by atoms with Crippen LogP contribution < -0.4 is 10.6 Å². The number of nitrogens with two attached hydrogens (primary N) is 1. The summed E-state index contributed by atoms with van der Waals surface area (Å²) in [6.07, 6.45) is 4.23. The van der Waals surface area contributed by atoms with Gasteiger partial charge in [-0.15, -0.1) is 0 Å². The molecule has 0 atom stereocenters. The van der Waals surface area contributed by atoms with Crippen LogP contribution in [0.2, 0.25) is 0 Å². The Labute approximate surface area is 98.7 Å². The Hall–Kier alpha value is -2.10. The van der Waals surface area contributed by atoms with E-state index in [0.29, 0.717) is 5.69 Å². The summed E-state index contributed by atoms with van der Waals surface area (Å²) >= 11 is 0. The molecule has 0 saturated heterocycles. The third kappa shape index (κ3) is 1.62. The summed E-state index contributed by atoms with van der Waals surface area (Å²) in [5, 5.41) is 0. The van der Waals surface area contributed by atoms with E-state index in [1.165, 1.54) is 6.07 Å². The Bertz CT molecular complexity index is 568. The topological polar surface area (TPSA) is 42.1 Å². The minimum atomic E-state index is -0.219. The van der Waals surface area contributed by atoms with Crippen molar-refractivity contribution in [3.8, 4) is 0 Å². The summed E-state index contributed by atoms with van der Waals surface area (Å²) in [5.74, 6) is -0.219. The zero-order valence-corrected chi connectivity index (χ0v) is 9.23. The van der Waals surface area contributed by atoms with Crippen LogP contribution in [0.4, 0.5) is 21.5 Å². The molecule has 3 rings (SSSR count). The maximum atomic E-state index is 13.3. The van der Waals surface area contributed by atoms with Gasteiger partial charge in [-0.2, -0.15) is 0 Å². The molecule has 1 aromatic carbocycles. The lowest BCUT2D eigenvalue weighted by molar-refractivity contribution is 0.628. The molecule has 3 nitrogen and oxygen atoms in total. The number of pyridine rings is 1. The second kappa shape index (κ2) is 3.73. The lowest BCUT2D eigenvalue weighted by Gasteiger charge is -2.20. The first-order chi connectivity index (χ1) is 8.25. The first kappa shape index (κ1) is 10.1. The highest BCUT2D eigenvalue weighted by Gasteiger charge is 2.22. The number of rotatable bonds is 1. The second-order valence-electron chi connectivity index (χ2n) is 4.11. The van der Waals surface area contributed by atoms with Crippen molar-refractivity contribution >= 4 is 17.1 Å². The predicted octanol–water partition coefficient (Wildman–Crippen LogP) is 2.50. The van der Waals surface area contributed by atoms with E-state index in [4.69, 9.17) is 5.73 Å². The quantitative estimate of drug-likeness (QED) is 0.816. The molecule has 2 N–H and O–H groups in total. The molecule has 0 radical (unpaired) electrons. The molecule has 0 saturated carbocycles. The third-order valence-electron chi connectivity index (χ3n) is 3.06. The Morgan fingerprint density at radius 2 is 2.12 bits per heavy atom. The number of hydrogen-bond donors (Lipinski definition) is 1. The zero-order chi connectivity index (χ0) is 11.8. The summed E-state index contributed by atoms with van der Waals surface area (Å²) < 4.78 is 13.3. The molecule has 1 aliphatic heterocycles. The molecule has 4 heteroatoms. The Morgan fingerprint density at radius 1 is 1.24 bits per heavy atom. The van der Waals surface area contributed by atoms with E-state index < -0.39 is 0 Å². The van der Waals surface area contributed by atoms with Crippen molar-refractivity contribution in [2.24, 2.45) is 0 Å². The van der Waals surface area contributed by atoms with Gasteiger partial charge in [0.15, 0.2) is 0 Å². The highest BCUT2D eigenvalue weighted by Crippen LogP contribution is 2.37. The van der Waals surface area contributed by atoms with Crippen LogP contribution in [0.5, 0.6) is 0 Å². The summed E-state index contributed by atoms with van der Waals surface area (Å²) in [6, 6.07) is 6.75. The minimum Gasteiger partial charge on any atom is -0.396 e. The monoisotopic (exact) mass is 229 g/mol. The minimum absolute atomic E-state index is 0.219. The van der Waals surface area contributed by atoms with E-state index in [1.54, 1.807) is 18.5 Å². The predicted molar refractivity (Wildman–Crippen MR) is 65.8 cm³/mol. The van der Waals surface area contributed by atoms with Gasteiger partial charge in [0.1, 0.15) is 5.82 Å². The average Bonchev–Trinajstić information content (AvgIpc) is 2.72. The molecular weight excluding hydrogens is 217 g/mol. The molecule has 1 aliphatic rings. The maximum absolute atomic E-state index is 13.3. The fraction of sp³-hybridized carbons (Fsp3) is 0.154. The van der Waals surface area contributed by atoms with Crippen LogP contribution in [0.25, 0.3) is 0 Å². The number of nitrogens with zero attached hydrogens (tertiary/aromatic N) is 2. The first-order valence-electron chi connectivity index (χ1n) is 5.51. The van der Waals surface area contributed by atoms with Crippen LogP contribution in [0, 0.1) is 5.82 Å². The van der Waals surface area contributed by atoms with Crippen LogP contribution >= 0.6 is 0 Å². The summed E-state index contributed by atoms with van der Waals surface area (Å²) in [7, 11) is 0. The van der Waals surface area contributed by atoms with Crippen LogP contribution in [-0.4, -0.2) is 11.5 Å². The molecule has 0 bridgehead atoms. The highest BCUT2D eigenvalue weighted by atomic mass is 19.1. The molecule has 1 aromatic heterocycles. The number of hydrogen-bond acceptors (Lipinski definition) is 3.